The monoisotopic (exact) mass is 223 g/mol. The summed E-state index contributed by atoms with van der Waals surface area (Å²) in [6.45, 7) is 4.69. The number of piperazine rings is 1. The molecule has 2 amide bonds. The first-order valence-electron chi connectivity index (χ1n) is 5.52. The van der Waals surface area contributed by atoms with Crippen molar-refractivity contribution in [3.63, 3.8) is 0 Å². The highest BCUT2D eigenvalue weighted by Crippen LogP contribution is 2.24. The standard InChI is InChI=1S/C11H17N3O2/c1-3-5-11(2)10(16)13-7-8-14(11)9(15)4-6-12/h3-5,7-8H2,1-2H3,(H,13,16). The zero-order chi connectivity index (χ0) is 12.2. The molecule has 0 saturated carbocycles. The van der Waals surface area contributed by atoms with E-state index in [1.807, 2.05) is 13.0 Å². The molecule has 0 aliphatic carbocycles. The molecule has 1 aliphatic heterocycles. The molecular formula is C11H17N3O2. The van der Waals surface area contributed by atoms with E-state index in [9.17, 15) is 9.59 Å². The number of nitrogens with zero attached hydrogens (tertiary/aromatic N) is 2. The zero-order valence-electron chi connectivity index (χ0n) is 9.75. The molecule has 1 aliphatic rings. The van der Waals surface area contributed by atoms with Gasteiger partial charge in [-0.25, -0.2) is 0 Å². The van der Waals surface area contributed by atoms with Crippen molar-refractivity contribution in [3.05, 3.63) is 0 Å². The highest BCUT2D eigenvalue weighted by Gasteiger charge is 2.43. The summed E-state index contributed by atoms with van der Waals surface area (Å²) in [5.74, 6) is -0.375. The highest BCUT2D eigenvalue weighted by molar-refractivity contribution is 5.92. The summed E-state index contributed by atoms with van der Waals surface area (Å²) in [4.78, 5) is 25.1. The Morgan fingerprint density at radius 1 is 1.69 bits per heavy atom. The Morgan fingerprint density at radius 2 is 2.38 bits per heavy atom. The molecule has 0 aromatic heterocycles. The van der Waals surface area contributed by atoms with E-state index in [2.05, 4.69) is 5.32 Å². The van der Waals surface area contributed by atoms with Crippen LogP contribution in [-0.2, 0) is 9.59 Å². The van der Waals surface area contributed by atoms with Crippen LogP contribution in [0.15, 0.2) is 0 Å². The van der Waals surface area contributed by atoms with Gasteiger partial charge in [0.25, 0.3) is 0 Å². The molecule has 5 heteroatoms. The van der Waals surface area contributed by atoms with Crippen molar-refractivity contribution in [1.82, 2.24) is 10.2 Å². The Balaban J connectivity index is 2.91. The van der Waals surface area contributed by atoms with Gasteiger partial charge in [-0.15, -0.1) is 0 Å². The minimum absolute atomic E-state index is 0.119. The van der Waals surface area contributed by atoms with Crippen LogP contribution in [0.4, 0.5) is 0 Å². The van der Waals surface area contributed by atoms with Gasteiger partial charge in [0.1, 0.15) is 12.0 Å². The second-order valence-electron chi connectivity index (χ2n) is 4.16. The maximum absolute atomic E-state index is 11.8. The van der Waals surface area contributed by atoms with E-state index in [1.54, 1.807) is 11.8 Å². The van der Waals surface area contributed by atoms with E-state index in [1.165, 1.54) is 0 Å². The summed E-state index contributed by atoms with van der Waals surface area (Å²) in [7, 11) is 0. The number of amides is 2. The fraction of sp³-hybridized carbons (Fsp3) is 0.727. The summed E-state index contributed by atoms with van der Waals surface area (Å²) in [5.41, 5.74) is -0.791. The minimum atomic E-state index is -0.791. The molecule has 0 bridgehead atoms. The quantitative estimate of drug-likeness (QED) is 0.753. The van der Waals surface area contributed by atoms with E-state index in [-0.39, 0.29) is 18.2 Å². The van der Waals surface area contributed by atoms with Crippen LogP contribution in [0.1, 0.15) is 33.1 Å². The van der Waals surface area contributed by atoms with Gasteiger partial charge >= 0.3 is 0 Å². The van der Waals surface area contributed by atoms with E-state index < -0.39 is 5.54 Å². The lowest BCUT2D eigenvalue weighted by Crippen LogP contribution is -2.64. The number of carbonyl (C=O) groups is 2. The van der Waals surface area contributed by atoms with Gasteiger partial charge in [0.2, 0.25) is 11.8 Å². The smallest absolute Gasteiger partial charge is 0.245 e. The fourth-order valence-corrected chi connectivity index (χ4v) is 2.14. The molecule has 88 valence electrons. The molecular weight excluding hydrogens is 206 g/mol. The van der Waals surface area contributed by atoms with Crippen LogP contribution >= 0.6 is 0 Å². The molecule has 1 N–H and O–H groups in total. The number of carbonyl (C=O) groups excluding carboxylic acids is 2. The second kappa shape index (κ2) is 4.97. The first-order valence-corrected chi connectivity index (χ1v) is 5.52. The summed E-state index contributed by atoms with van der Waals surface area (Å²) >= 11 is 0. The highest BCUT2D eigenvalue weighted by atomic mass is 16.2. The molecule has 1 saturated heterocycles. The molecule has 0 radical (unpaired) electrons. The summed E-state index contributed by atoms with van der Waals surface area (Å²) in [6, 6.07) is 1.84. The maximum atomic E-state index is 11.8. The number of hydrogen-bond acceptors (Lipinski definition) is 3. The van der Waals surface area contributed by atoms with Crippen molar-refractivity contribution in [1.29, 1.82) is 5.26 Å². The molecule has 1 fully saturated rings. The molecule has 1 unspecified atom stereocenters. The molecule has 16 heavy (non-hydrogen) atoms. The topological polar surface area (TPSA) is 73.2 Å². The average Bonchev–Trinajstić information content (AvgIpc) is 2.23. The Labute approximate surface area is 95.4 Å². The lowest BCUT2D eigenvalue weighted by molar-refractivity contribution is -0.150. The van der Waals surface area contributed by atoms with Crippen molar-refractivity contribution in [2.75, 3.05) is 13.1 Å². The van der Waals surface area contributed by atoms with Gasteiger partial charge in [0, 0.05) is 13.1 Å². The number of hydrogen-bond donors (Lipinski definition) is 1. The SMILES string of the molecule is CCCC1(C)C(=O)NCCN1C(=O)CC#N. The third-order valence-electron chi connectivity index (χ3n) is 2.97. The van der Waals surface area contributed by atoms with E-state index >= 15 is 0 Å². The molecule has 5 nitrogen and oxygen atoms in total. The van der Waals surface area contributed by atoms with Gasteiger partial charge in [-0.1, -0.05) is 13.3 Å². The van der Waals surface area contributed by atoms with E-state index in [0.29, 0.717) is 19.5 Å². The molecule has 0 spiro atoms. The minimum Gasteiger partial charge on any atom is -0.352 e. The van der Waals surface area contributed by atoms with Gasteiger partial charge in [-0.2, -0.15) is 5.26 Å². The molecule has 1 rings (SSSR count). The first kappa shape index (κ1) is 12.5. The molecule has 1 atom stereocenters. The van der Waals surface area contributed by atoms with Crippen molar-refractivity contribution < 1.29 is 9.59 Å². The van der Waals surface area contributed by atoms with Crippen LogP contribution in [-0.4, -0.2) is 35.3 Å². The Hall–Kier alpha value is -1.57. The maximum Gasteiger partial charge on any atom is 0.245 e. The Morgan fingerprint density at radius 3 is 2.94 bits per heavy atom. The Kier molecular flexibility index (Phi) is 3.88. The Bertz CT molecular complexity index is 335. The van der Waals surface area contributed by atoms with Crippen LogP contribution < -0.4 is 5.32 Å². The van der Waals surface area contributed by atoms with Crippen LogP contribution in [0.2, 0.25) is 0 Å². The first-order chi connectivity index (χ1) is 7.56. The van der Waals surface area contributed by atoms with Gasteiger partial charge < -0.3 is 10.2 Å². The number of rotatable bonds is 3. The third kappa shape index (κ3) is 2.16. The zero-order valence-corrected chi connectivity index (χ0v) is 9.75. The number of nitriles is 1. The van der Waals surface area contributed by atoms with Gasteiger partial charge in [0.15, 0.2) is 0 Å². The molecule has 1 heterocycles. The molecule has 0 aromatic carbocycles. The fourth-order valence-electron chi connectivity index (χ4n) is 2.14. The van der Waals surface area contributed by atoms with Crippen molar-refractivity contribution in [2.24, 2.45) is 0 Å². The van der Waals surface area contributed by atoms with Gasteiger partial charge in [0.05, 0.1) is 6.07 Å². The largest absolute Gasteiger partial charge is 0.352 e. The van der Waals surface area contributed by atoms with Crippen LogP contribution in [0, 0.1) is 11.3 Å². The average molecular weight is 223 g/mol. The van der Waals surface area contributed by atoms with Crippen LogP contribution in [0.5, 0.6) is 0 Å². The summed E-state index contributed by atoms with van der Waals surface area (Å²) in [6.07, 6.45) is 1.28. The van der Waals surface area contributed by atoms with Crippen LogP contribution in [0.25, 0.3) is 0 Å². The summed E-state index contributed by atoms with van der Waals surface area (Å²) in [5, 5.41) is 11.3. The molecule has 0 aromatic rings. The van der Waals surface area contributed by atoms with Gasteiger partial charge in [-0.05, 0) is 13.3 Å². The van der Waals surface area contributed by atoms with E-state index in [4.69, 9.17) is 5.26 Å². The second-order valence-corrected chi connectivity index (χ2v) is 4.16. The van der Waals surface area contributed by atoms with E-state index in [0.717, 1.165) is 6.42 Å². The normalized spacial score (nSPS) is 24.8. The summed E-state index contributed by atoms with van der Waals surface area (Å²) < 4.78 is 0. The predicted molar refractivity (Wildman–Crippen MR) is 58.3 cm³/mol. The number of nitrogens with one attached hydrogen (secondary N) is 1. The van der Waals surface area contributed by atoms with Gasteiger partial charge in [-0.3, -0.25) is 9.59 Å². The predicted octanol–water partition coefficient (Wildman–Crippen LogP) is 0.417. The third-order valence-corrected chi connectivity index (χ3v) is 2.97. The lowest BCUT2D eigenvalue weighted by Gasteiger charge is -2.43. The lowest BCUT2D eigenvalue weighted by atomic mass is 9.90. The van der Waals surface area contributed by atoms with Crippen molar-refractivity contribution in [3.8, 4) is 6.07 Å². The van der Waals surface area contributed by atoms with Crippen LogP contribution in [0.3, 0.4) is 0 Å². The van der Waals surface area contributed by atoms with Crippen molar-refractivity contribution in [2.45, 2.75) is 38.6 Å². The van der Waals surface area contributed by atoms with Crippen molar-refractivity contribution >= 4 is 11.8 Å².